The Kier molecular flexibility index (Phi) is 5.10. The Morgan fingerprint density at radius 2 is 2.14 bits per heavy atom. The molecule has 0 fully saturated rings. The monoisotopic (exact) mass is 306 g/mol. The summed E-state index contributed by atoms with van der Waals surface area (Å²) in [7, 11) is 0. The van der Waals surface area contributed by atoms with Gasteiger partial charge in [0, 0.05) is 11.3 Å². The van der Waals surface area contributed by atoms with Gasteiger partial charge in [0.15, 0.2) is 0 Å². The van der Waals surface area contributed by atoms with Crippen molar-refractivity contribution < 1.29 is 14.3 Å². The molecule has 0 amide bonds. The average Bonchev–Trinajstić information content (AvgIpc) is 2.88. The highest BCUT2D eigenvalue weighted by atomic mass is 32.2. The molecule has 5 nitrogen and oxygen atoms in total. The zero-order valence-corrected chi connectivity index (χ0v) is 12.1. The summed E-state index contributed by atoms with van der Waals surface area (Å²) in [6.07, 6.45) is 3.06. The lowest BCUT2D eigenvalue weighted by Gasteiger charge is -2.05. The molecule has 0 saturated heterocycles. The van der Waals surface area contributed by atoms with Gasteiger partial charge < -0.3 is 9.90 Å². The lowest BCUT2D eigenvalue weighted by atomic mass is 10.2. The maximum absolute atomic E-state index is 12.8. The van der Waals surface area contributed by atoms with Crippen molar-refractivity contribution in [1.29, 1.82) is 0 Å². The second kappa shape index (κ2) is 7.03. The van der Waals surface area contributed by atoms with Gasteiger partial charge in [0.1, 0.15) is 11.6 Å². The zero-order valence-electron chi connectivity index (χ0n) is 11.3. The molecule has 0 aliphatic carbocycles. The maximum atomic E-state index is 12.8. The van der Waals surface area contributed by atoms with Crippen LogP contribution in [0, 0.1) is 5.82 Å². The average molecular weight is 306 g/mol. The molecule has 2 aromatic rings. The number of aromatic amines is 1. The maximum Gasteiger partial charge on any atom is 0.213 e. The summed E-state index contributed by atoms with van der Waals surface area (Å²) in [6.45, 7) is 2.01. The number of carboxylic acids is 1. The van der Waals surface area contributed by atoms with Crippen molar-refractivity contribution >= 4 is 23.8 Å². The summed E-state index contributed by atoms with van der Waals surface area (Å²) in [5.41, 5.74) is 0.562. The van der Waals surface area contributed by atoms with Crippen molar-refractivity contribution in [2.75, 3.05) is 0 Å². The topological polar surface area (TPSA) is 81.7 Å². The van der Waals surface area contributed by atoms with Gasteiger partial charge in [-0.2, -0.15) is 0 Å². The number of carboxylic acid groups (broad SMARTS) is 1. The molecule has 0 bridgehead atoms. The number of nitrogens with one attached hydrogen (secondary N) is 1. The van der Waals surface area contributed by atoms with Crippen LogP contribution >= 0.6 is 11.8 Å². The number of aliphatic carboxylic acids is 1. The first-order valence-electron chi connectivity index (χ1n) is 6.36. The molecule has 21 heavy (non-hydrogen) atoms. The molecule has 0 saturated carbocycles. The second-order valence-electron chi connectivity index (χ2n) is 4.26. The van der Waals surface area contributed by atoms with E-state index in [1.807, 2.05) is 6.92 Å². The lowest BCUT2D eigenvalue weighted by Crippen LogP contribution is -2.23. The van der Waals surface area contributed by atoms with Crippen molar-refractivity contribution in [2.45, 2.75) is 24.9 Å². The van der Waals surface area contributed by atoms with Crippen LogP contribution in [0.5, 0.6) is 0 Å². The summed E-state index contributed by atoms with van der Waals surface area (Å²) >= 11 is 0.894. The Morgan fingerprint density at radius 1 is 1.43 bits per heavy atom. The van der Waals surface area contributed by atoms with Crippen LogP contribution < -0.4 is 5.11 Å². The molecule has 1 aromatic heterocycles. The first kappa shape index (κ1) is 15.2. The van der Waals surface area contributed by atoms with E-state index >= 15 is 0 Å². The minimum absolute atomic E-state index is 0.0383. The van der Waals surface area contributed by atoms with E-state index < -0.39 is 5.97 Å². The van der Waals surface area contributed by atoms with Crippen molar-refractivity contribution in [3.63, 3.8) is 0 Å². The van der Waals surface area contributed by atoms with Gasteiger partial charge in [0.05, 0.1) is 5.97 Å². The predicted molar refractivity (Wildman–Crippen MR) is 75.6 cm³/mol. The smallest absolute Gasteiger partial charge is 0.213 e. The third-order valence-corrected chi connectivity index (χ3v) is 3.44. The number of rotatable bonds is 6. The zero-order chi connectivity index (χ0) is 15.2. The molecule has 1 N–H and O–H groups in total. The molecule has 0 spiro atoms. The highest BCUT2D eigenvalue weighted by Crippen LogP contribution is 2.25. The fraction of sp³-hybridized carbons (Fsp3) is 0.214. The van der Waals surface area contributed by atoms with Crippen molar-refractivity contribution in [1.82, 2.24) is 15.2 Å². The fourth-order valence-electron chi connectivity index (χ4n) is 1.61. The molecular formula is C14H13FN3O2S-. The van der Waals surface area contributed by atoms with E-state index in [0.717, 1.165) is 24.6 Å². The molecule has 1 aromatic carbocycles. The molecule has 0 aliphatic heterocycles. The van der Waals surface area contributed by atoms with Gasteiger partial charge in [-0.1, -0.05) is 19.1 Å². The molecule has 0 radical (unpaired) electrons. The van der Waals surface area contributed by atoms with Gasteiger partial charge in [-0.05, 0) is 42.0 Å². The number of thioether (sulfide) groups is 1. The normalized spacial score (nSPS) is 11.6. The van der Waals surface area contributed by atoms with Gasteiger partial charge in [-0.3, -0.25) is 5.10 Å². The minimum Gasteiger partial charge on any atom is -0.544 e. The Labute approximate surface area is 125 Å². The van der Waals surface area contributed by atoms with Crippen LogP contribution in [0.4, 0.5) is 4.39 Å². The SMILES string of the molecule is CCCc1nc(S/C(=C\c2ccc(F)cc2)C(=O)[O-])n[nH]1. The third kappa shape index (κ3) is 4.42. The van der Waals surface area contributed by atoms with Crippen molar-refractivity contribution in [3.8, 4) is 0 Å². The molecule has 1 heterocycles. The van der Waals surface area contributed by atoms with E-state index in [-0.39, 0.29) is 10.7 Å². The highest BCUT2D eigenvalue weighted by molar-refractivity contribution is 8.04. The number of carbonyl (C=O) groups is 1. The number of aryl methyl sites for hydroxylation is 1. The fourth-order valence-corrected chi connectivity index (χ4v) is 2.33. The van der Waals surface area contributed by atoms with Gasteiger partial charge in [0.25, 0.3) is 0 Å². The van der Waals surface area contributed by atoms with E-state index in [1.165, 1.54) is 30.3 Å². The van der Waals surface area contributed by atoms with Crippen LogP contribution in [0.3, 0.4) is 0 Å². The van der Waals surface area contributed by atoms with Crippen LogP contribution in [-0.4, -0.2) is 21.2 Å². The van der Waals surface area contributed by atoms with E-state index in [4.69, 9.17) is 0 Å². The van der Waals surface area contributed by atoms with E-state index in [9.17, 15) is 14.3 Å². The van der Waals surface area contributed by atoms with E-state index in [0.29, 0.717) is 16.5 Å². The second-order valence-corrected chi connectivity index (χ2v) is 5.27. The number of aromatic nitrogens is 3. The van der Waals surface area contributed by atoms with Gasteiger partial charge in [-0.25, -0.2) is 9.37 Å². The molecule has 0 aliphatic rings. The van der Waals surface area contributed by atoms with Gasteiger partial charge >= 0.3 is 0 Å². The lowest BCUT2D eigenvalue weighted by molar-refractivity contribution is -0.297. The molecule has 7 heteroatoms. The highest BCUT2D eigenvalue weighted by Gasteiger charge is 2.08. The number of hydrogen-bond donors (Lipinski definition) is 1. The van der Waals surface area contributed by atoms with Crippen LogP contribution in [-0.2, 0) is 11.2 Å². The Balaban J connectivity index is 2.18. The summed E-state index contributed by atoms with van der Waals surface area (Å²) in [5, 5.41) is 18.2. The molecule has 0 atom stereocenters. The van der Waals surface area contributed by atoms with Crippen LogP contribution in [0.25, 0.3) is 6.08 Å². The quantitative estimate of drug-likeness (QED) is 0.650. The summed E-state index contributed by atoms with van der Waals surface area (Å²) in [6, 6.07) is 5.49. The number of nitrogens with zero attached hydrogens (tertiary/aromatic N) is 2. The number of H-pyrrole nitrogens is 1. The van der Waals surface area contributed by atoms with Crippen LogP contribution in [0.15, 0.2) is 34.3 Å². The number of halogens is 1. The number of benzene rings is 1. The van der Waals surface area contributed by atoms with Gasteiger partial charge in [-0.15, -0.1) is 5.10 Å². The largest absolute Gasteiger partial charge is 0.544 e. The molecular weight excluding hydrogens is 293 g/mol. The van der Waals surface area contributed by atoms with E-state index in [1.54, 1.807) is 0 Å². The molecule has 0 unspecified atom stereocenters. The third-order valence-electron chi connectivity index (χ3n) is 2.57. The van der Waals surface area contributed by atoms with Crippen LogP contribution in [0.1, 0.15) is 24.7 Å². The summed E-state index contributed by atoms with van der Waals surface area (Å²) in [5.74, 6) is -1.00. The van der Waals surface area contributed by atoms with Gasteiger partial charge in [0.2, 0.25) is 5.16 Å². The summed E-state index contributed by atoms with van der Waals surface area (Å²) in [4.78, 5) is 15.3. The first-order valence-corrected chi connectivity index (χ1v) is 7.18. The predicted octanol–water partition coefficient (Wildman–Crippen LogP) is 1.78. The molecule has 2 rings (SSSR count). The Bertz CT molecular complexity index is 652. The Morgan fingerprint density at radius 3 is 2.76 bits per heavy atom. The van der Waals surface area contributed by atoms with Crippen LogP contribution in [0.2, 0.25) is 0 Å². The standard InChI is InChI=1S/C14H14FN3O2S/c1-2-3-12-16-14(18-17-12)21-11(13(19)20)8-9-4-6-10(15)7-5-9/h4-8H,2-3H2,1H3,(H,19,20)(H,16,17,18)/p-1/b11-8-. The number of carbonyl (C=O) groups excluding carboxylic acids is 1. The van der Waals surface area contributed by atoms with Crippen molar-refractivity contribution in [2.24, 2.45) is 0 Å². The Hall–Kier alpha value is -2.15. The van der Waals surface area contributed by atoms with E-state index in [2.05, 4.69) is 15.2 Å². The molecule has 110 valence electrons. The minimum atomic E-state index is -1.33. The number of hydrogen-bond acceptors (Lipinski definition) is 5. The van der Waals surface area contributed by atoms with Crippen molar-refractivity contribution in [3.05, 3.63) is 46.4 Å². The summed E-state index contributed by atoms with van der Waals surface area (Å²) < 4.78 is 12.8. The first-order chi connectivity index (χ1) is 10.1.